The minimum atomic E-state index is -4.38. The molecule has 2 aliphatic carbocycles. The van der Waals surface area contributed by atoms with E-state index in [2.05, 4.69) is 27.3 Å². The molecule has 0 radical (unpaired) electrons. The summed E-state index contributed by atoms with van der Waals surface area (Å²) in [6, 6.07) is 7.13. The molecule has 0 unspecified atom stereocenters. The highest BCUT2D eigenvalue weighted by Gasteiger charge is 2.64. The van der Waals surface area contributed by atoms with Gasteiger partial charge in [-0.05, 0) is 74.8 Å². The number of alkyl carbamates (subject to hydrolysis) is 1. The number of halogens is 1. The van der Waals surface area contributed by atoms with Gasteiger partial charge in [-0.15, -0.1) is 0 Å². The molecule has 5 aliphatic rings. The Labute approximate surface area is 326 Å². The van der Waals surface area contributed by atoms with Crippen molar-refractivity contribution in [2.45, 2.75) is 113 Å². The molecule has 3 N–H and O–H groups in total. The first-order valence-corrected chi connectivity index (χ1v) is 21.2. The number of nitrogens with zero attached hydrogens (tertiary/aromatic N) is 2. The summed E-state index contributed by atoms with van der Waals surface area (Å²) in [6.07, 6.45) is 7.14. The lowest BCUT2D eigenvalue weighted by molar-refractivity contribution is -0.142. The predicted octanol–water partition coefficient (Wildman–Crippen LogP) is 4.08. The molecule has 16 heteroatoms. The van der Waals surface area contributed by atoms with Gasteiger partial charge in [0.05, 0.1) is 19.8 Å². The molecule has 1 aromatic carbocycles. The minimum Gasteiger partial charge on any atom is -0.472 e. The highest BCUT2D eigenvalue weighted by molar-refractivity contribution is 7.91. The zero-order valence-corrected chi connectivity index (χ0v) is 32.9. The van der Waals surface area contributed by atoms with Crippen molar-refractivity contribution in [1.82, 2.24) is 25.2 Å². The number of hydrogen-bond acceptors (Lipinski definition) is 10. The molecule has 304 valence electrons. The maximum absolute atomic E-state index is 14.9. The van der Waals surface area contributed by atoms with E-state index in [0.717, 1.165) is 17.2 Å². The van der Waals surface area contributed by atoms with Gasteiger partial charge in [-0.1, -0.05) is 44.2 Å². The lowest BCUT2D eigenvalue weighted by atomic mass is 9.88. The number of hydrogen-bond donors (Lipinski definition) is 3. The van der Waals surface area contributed by atoms with E-state index in [4.69, 9.17) is 14.2 Å². The van der Waals surface area contributed by atoms with Gasteiger partial charge < -0.3 is 29.7 Å². The van der Waals surface area contributed by atoms with Crippen LogP contribution in [0, 0.1) is 17.8 Å². The molecule has 56 heavy (non-hydrogen) atoms. The quantitative estimate of drug-likeness (QED) is 0.329. The average molecular weight is 798 g/mol. The third-order valence-corrected chi connectivity index (χ3v) is 14.5. The van der Waals surface area contributed by atoms with Crippen molar-refractivity contribution in [3.8, 4) is 5.88 Å². The Morgan fingerprint density at radius 3 is 2.57 bits per heavy atom. The highest BCUT2D eigenvalue weighted by atomic mass is 32.2. The molecule has 7 atom stereocenters. The Bertz CT molecular complexity index is 1980. The van der Waals surface area contributed by atoms with Crippen LogP contribution in [-0.4, -0.2) is 103 Å². The summed E-state index contributed by atoms with van der Waals surface area (Å²) < 4.78 is 58.4. The number of aromatic nitrogens is 1. The summed E-state index contributed by atoms with van der Waals surface area (Å²) in [5.74, 6) is -2.60. The second-order valence-electron chi connectivity index (χ2n) is 16.7. The summed E-state index contributed by atoms with van der Waals surface area (Å²) in [5.41, 5.74) is -2.42. The van der Waals surface area contributed by atoms with Gasteiger partial charge in [-0.25, -0.2) is 22.6 Å². The number of allylic oxidation sites excluding steroid dienone is 1. The van der Waals surface area contributed by atoms with Gasteiger partial charge in [-0.3, -0.25) is 19.1 Å². The van der Waals surface area contributed by atoms with Crippen molar-refractivity contribution in [2.75, 3.05) is 26.4 Å². The van der Waals surface area contributed by atoms with Crippen molar-refractivity contribution in [1.29, 1.82) is 0 Å². The van der Waals surface area contributed by atoms with E-state index in [0.29, 0.717) is 44.8 Å². The zero-order valence-electron chi connectivity index (χ0n) is 32.1. The van der Waals surface area contributed by atoms with Gasteiger partial charge in [0.15, 0.2) is 0 Å². The molecule has 4 amide bonds. The Kier molecular flexibility index (Phi) is 11.1. The number of alkyl halides is 1. The zero-order chi connectivity index (χ0) is 39.9. The van der Waals surface area contributed by atoms with Crippen LogP contribution >= 0.6 is 0 Å². The molecule has 2 saturated carbocycles. The number of carbonyl (C=O) groups is 4. The molecule has 2 saturated heterocycles. The molecule has 2 aromatic rings. The lowest BCUT2D eigenvalue weighted by Crippen LogP contribution is -2.59. The van der Waals surface area contributed by atoms with Gasteiger partial charge in [0, 0.05) is 36.8 Å². The van der Waals surface area contributed by atoms with Crippen molar-refractivity contribution in [2.24, 2.45) is 17.8 Å². The SMILES string of the molecule is C[C@H]1CC/C=C\[C@@H]2C[C@@]2(C(=O)NS(=O)(=O)C2(CF)CC2)NC(=O)[C@@H]2C[C@@H](Oc3nccc4ccccc34)CN2C(=O)[C@@H](NC(=O)OC2(C)CCOCC2)[C@H](C)C1. The van der Waals surface area contributed by atoms with E-state index in [1.54, 1.807) is 6.20 Å². The van der Waals surface area contributed by atoms with Crippen molar-refractivity contribution >= 4 is 44.6 Å². The Hall–Kier alpha value is -4.31. The number of carbonyl (C=O) groups excluding carboxylic acids is 4. The fourth-order valence-electron chi connectivity index (χ4n) is 8.38. The van der Waals surface area contributed by atoms with E-state index >= 15 is 0 Å². The number of benzene rings is 1. The van der Waals surface area contributed by atoms with Crippen molar-refractivity contribution in [3.05, 3.63) is 48.7 Å². The van der Waals surface area contributed by atoms with E-state index < -0.39 is 80.5 Å². The first-order valence-electron chi connectivity index (χ1n) is 19.7. The molecule has 7 rings (SSSR count). The van der Waals surface area contributed by atoms with Crippen LogP contribution in [0.4, 0.5) is 9.18 Å². The molecular formula is C40H52FN5O9S. The topological polar surface area (TPSA) is 182 Å². The number of fused-ring (bicyclic) bond motifs is 3. The van der Waals surface area contributed by atoms with Crippen LogP contribution in [0.2, 0.25) is 0 Å². The normalized spacial score (nSPS) is 32.0. The average Bonchev–Trinajstić information content (AvgIpc) is 4.07. The first-order chi connectivity index (χ1) is 26.7. The van der Waals surface area contributed by atoms with E-state index in [1.165, 1.54) is 4.90 Å². The lowest BCUT2D eigenvalue weighted by Gasteiger charge is -2.35. The predicted molar refractivity (Wildman–Crippen MR) is 203 cm³/mol. The molecule has 14 nitrogen and oxygen atoms in total. The maximum Gasteiger partial charge on any atom is 0.408 e. The monoisotopic (exact) mass is 797 g/mol. The molecule has 0 bridgehead atoms. The number of pyridine rings is 1. The van der Waals surface area contributed by atoms with Crippen LogP contribution in [0.25, 0.3) is 10.8 Å². The molecule has 4 heterocycles. The van der Waals surface area contributed by atoms with Gasteiger partial charge in [0.2, 0.25) is 27.7 Å². The van der Waals surface area contributed by atoms with Gasteiger partial charge in [0.25, 0.3) is 5.91 Å². The smallest absolute Gasteiger partial charge is 0.408 e. The van der Waals surface area contributed by atoms with Crippen LogP contribution in [-0.2, 0) is 33.9 Å². The Morgan fingerprint density at radius 1 is 1.09 bits per heavy atom. The standard InChI is InChI=1S/C40H52FN5O9S/c1-25-8-4-6-10-28-22-40(28,36(49)45-56(51,52)39(24-41)13-14-39)44-33(47)31-21-29(54-34-30-11-7-5-9-27(30)12-17-42-34)23-46(31)35(48)32(26(2)20-25)43-37(50)55-38(3)15-18-53-19-16-38/h5-7,9-12,17,25-26,28-29,31-32H,4,8,13-16,18-24H2,1-3H3,(H,43,50)(H,44,47)(H,45,49)/b10-6-/t25-,26+,28+,29+,31-,32-,40+/m0/s1. The van der Waals surface area contributed by atoms with Gasteiger partial charge in [0.1, 0.15) is 40.7 Å². The van der Waals surface area contributed by atoms with Crippen molar-refractivity contribution in [3.63, 3.8) is 0 Å². The number of amides is 4. The first kappa shape index (κ1) is 39.9. The molecule has 3 aliphatic heterocycles. The summed E-state index contributed by atoms with van der Waals surface area (Å²) in [5, 5.41) is 7.33. The second kappa shape index (κ2) is 15.6. The molecular weight excluding hydrogens is 746 g/mol. The van der Waals surface area contributed by atoms with Crippen LogP contribution in [0.5, 0.6) is 5.88 Å². The Balaban J connectivity index is 1.20. The maximum atomic E-state index is 14.9. The highest BCUT2D eigenvalue weighted by Crippen LogP contribution is 2.48. The third kappa shape index (κ3) is 8.09. The molecule has 1 aromatic heterocycles. The number of nitrogens with one attached hydrogen (secondary N) is 3. The fraction of sp³-hybridized carbons (Fsp3) is 0.625. The second-order valence-corrected chi connectivity index (χ2v) is 18.8. The van der Waals surface area contributed by atoms with Crippen LogP contribution in [0.1, 0.15) is 78.6 Å². The van der Waals surface area contributed by atoms with E-state index in [-0.39, 0.29) is 44.1 Å². The number of rotatable bonds is 8. The number of sulfonamides is 1. The third-order valence-electron chi connectivity index (χ3n) is 12.3. The van der Waals surface area contributed by atoms with Crippen LogP contribution in [0.15, 0.2) is 48.7 Å². The summed E-state index contributed by atoms with van der Waals surface area (Å²) >= 11 is 0. The summed E-state index contributed by atoms with van der Waals surface area (Å²) in [6.45, 7) is 5.50. The minimum absolute atomic E-state index is 0.0178. The summed E-state index contributed by atoms with van der Waals surface area (Å²) in [4.78, 5) is 62.7. The fourth-order valence-corrected chi connectivity index (χ4v) is 9.81. The number of ether oxygens (including phenoxy) is 3. The van der Waals surface area contributed by atoms with Crippen molar-refractivity contribution < 1.29 is 46.2 Å². The van der Waals surface area contributed by atoms with Gasteiger partial charge >= 0.3 is 6.09 Å². The van der Waals surface area contributed by atoms with E-state index in [9.17, 15) is 32.0 Å². The van der Waals surface area contributed by atoms with E-state index in [1.807, 2.05) is 56.3 Å². The van der Waals surface area contributed by atoms with Crippen LogP contribution in [0.3, 0.4) is 0 Å². The molecule has 4 fully saturated rings. The van der Waals surface area contributed by atoms with Gasteiger partial charge in [-0.2, -0.15) is 0 Å². The van der Waals surface area contributed by atoms with Crippen LogP contribution < -0.4 is 20.1 Å². The Morgan fingerprint density at radius 2 is 1.84 bits per heavy atom. The summed E-state index contributed by atoms with van der Waals surface area (Å²) in [7, 11) is -4.38. The molecule has 0 spiro atoms. The largest absolute Gasteiger partial charge is 0.472 e.